The molecule has 26 heavy (non-hydrogen) atoms. The first-order valence-corrected chi connectivity index (χ1v) is 8.24. The predicted molar refractivity (Wildman–Crippen MR) is 102 cm³/mol. The van der Waals surface area contributed by atoms with Crippen LogP contribution in [0.15, 0.2) is 54.6 Å². The number of hydrogen-bond acceptors (Lipinski definition) is 4. The van der Waals surface area contributed by atoms with Crippen LogP contribution in [0.5, 0.6) is 0 Å². The van der Waals surface area contributed by atoms with Crippen LogP contribution in [0.2, 0.25) is 0 Å². The number of hydrogen-bond donors (Lipinski definition) is 3. The number of primary amides is 1. The summed E-state index contributed by atoms with van der Waals surface area (Å²) >= 11 is 0. The molecule has 0 saturated carbocycles. The van der Waals surface area contributed by atoms with Crippen molar-refractivity contribution in [2.75, 3.05) is 10.6 Å². The Kier molecular flexibility index (Phi) is 3.89. The van der Waals surface area contributed by atoms with Crippen LogP contribution in [0.25, 0.3) is 16.6 Å². The topological polar surface area (TPSA) is 97.3 Å². The second kappa shape index (κ2) is 6.36. The Hall–Kier alpha value is -3.61. The molecule has 0 atom stereocenters. The van der Waals surface area contributed by atoms with Gasteiger partial charge in [0, 0.05) is 23.7 Å². The van der Waals surface area contributed by atoms with Gasteiger partial charge >= 0.3 is 6.03 Å². The number of aromatic nitrogens is 3. The number of fused-ring (bicyclic) bond motifs is 3. The number of para-hydroxylation sites is 1. The summed E-state index contributed by atoms with van der Waals surface area (Å²) < 4.78 is 1.86. The van der Waals surface area contributed by atoms with E-state index < -0.39 is 6.03 Å². The molecule has 0 aliphatic heterocycles. The largest absolute Gasteiger partial charge is 0.365 e. The molecule has 7 heteroatoms. The third-order valence-corrected chi connectivity index (χ3v) is 4.11. The second-order valence-electron chi connectivity index (χ2n) is 6.07. The molecule has 0 saturated heterocycles. The number of nitrogens with two attached hydrogens (primary N) is 1. The molecule has 4 aromatic rings. The van der Waals surface area contributed by atoms with E-state index in [-0.39, 0.29) is 0 Å². The number of carbonyl (C=O) groups excluding carboxylic acids is 1. The Balaban J connectivity index is 1.63. The summed E-state index contributed by atoms with van der Waals surface area (Å²) in [5.41, 5.74) is 9.60. The van der Waals surface area contributed by atoms with E-state index in [0.717, 1.165) is 33.6 Å². The molecule has 2 amide bonds. The smallest absolute Gasteiger partial charge is 0.316 e. The second-order valence-corrected chi connectivity index (χ2v) is 6.07. The van der Waals surface area contributed by atoms with Crippen molar-refractivity contribution in [2.24, 2.45) is 5.73 Å². The SMILES string of the molecule is Cc1cc2nc(NCc3ccc(NC(N)=O)cc3)c3ccccc3n2n1. The molecule has 4 rings (SSSR count). The van der Waals surface area contributed by atoms with Crippen LogP contribution in [-0.4, -0.2) is 20.6 Å². The molecule has 0 unspecified atom stereocenters. The summed E-state index contributed by atoms with van der Waals surface area (Å²) in [4.78, 5) is 15.6. The van der Waals surface area contributed by atoms with Crippen molar-refractivity contribution in [3.8, 4) is 0 Å². The number of carbonyl (C=O) groups is 1. The van der Waals surface area contributed by atoms with Gasteiger partial charge in [-0.05, 0) is 36.8 Å². The summed E-state index contributed by atoms with van der Waals surface area (Å²) in [6.07, 6.45) is 0. The Morgan fingerprint density at radius 1 is 1.15 bits per heavy atom. The predicted octanol–water partition coefficient (Wildman–Crippen LogP) is 3.29. The fraction of sp³-hybridized carbons (Fsp3) is 0.105. The summed E-state index contributed by atoms with van der Waals surface area (Å²) in [5, 5.41) is 11.5. The maximum Gasteiger partial charge on any atom is 0.316 e. The van der Waals surface area contributed by atoms with Crippen molar-refractivity contribution in [3.63, 3.8) is 0 Å². The number of nitrogens with one attached hydrogen (secondary N) is 2. The van der Waals surface area contributed by atoms with Crippen LogP contribution < -0.4 is 16.4 Å². The van der Waals surface area contributed by atoms with Gasteiger partial charge in [0.15, 0.2) is 5.65 Å². The first kappa shape index (κ1) is 15.9. The fourth-order valence-electron chi connectivity index (χ4n) is 2.94. The highest BCUT2D eigenvalue weighted by Crippen LogP contribution is 2.24. The lowest BCUT2D eigenvalue weighted by atomic mass is 10.2. The lowest BCUT2D eigenvalue weighted by Gasteiger charge is -2.11. The fourth-order valence-corrected chi connectivity index (χ4v) is 2.94. The highest BCUT2D eigenvalue weighted by atomic mass is 16.2. The molecule has 0 aliphatic carbocycles. The summed E-state index contributed by atoms with van der Waals surface area (Å²) in [5.74, 6) is 0.812. The van der Waals surface area contributed by atoms with Crippen LogP contribution in [0.3, 0.4) is 0 Å². The maximum atomic E-state index is 10.9. The molecule has 0 fully saturated rings. The van der Waals surface area contributed by atoms with Crippen molar-refractivity contribution >= 4 is 34.1 Å². The van der Waals surface area contributed by atoms with Gasteiger partial charge in [-0.2, -0.15) is 5.10 Å². The van der Waals surface area contributed by atoms with Crippen molar-refractivity contribution in [1.82, 2.24) is 14.6 Å². The average Bonchev–Trinajstić information content (AvgIpc) is 3.01. The quantitative estimate of drug-likeness (QED) is 0.528. The third kappa shape index (κ3) is 3.02. The number of amides is 2. The van der Waals surface area contributed by atoms with Crippen LogP contribution in [0.4, 0.5) is 16.3 Å². The molecule has 7 nitrogen and oxygen atoms in total. The van der Waals surface area contributed by atoms with Crippen LogP contribution >= 0.6 is 0 Å². The Morgan fingerprint density at radius 3 is 2.69 bits per heavy atom. The minimum absolute atomic E-state index is 0.573. The zero-order chi connectivity index (χ0) is 18.1. The van der Waals surface area contributed by atoms with Gasteiger partial charge in [-0.1, -0.05) is 24.3 Å². The zero-order valence-corrected chi connectivity index (χ0v) is 14.2. The number of anilines is 2. The van der Waals surface area contributed by atoms with E-state index in [0.29, 0.717) is 12.2 Å². The molecular weight excluding hydrogens is 328 g/mol. The van der Waals surface area contributed by atoms with Crippen molar-refractivity contribution in [3.05, 3.63) is 65.9 Å². The molecule has 2 heterocycles. The van der Waals surface area contributed by atoms with E-state index in [4.69, 9.17) is 10.7 Å². The number of benzene rings is 2. The van der Waals surface area contributed by atoms with E-state index >= 15 is 0 Å². The van der Waals surface area contributed by atoms with E-state index in [9.17, 15) is 4.79 Å². The minimum atomic E-state index is -0.573. The number of rotatable bonds is 4. The molecule has 4 N–H and O–H groups in total. The van der Waals surface area contributed by atoms with Gasteiger partial charge < -0.3 is 16.4 Å². The average molecular weight is 346 g/mol. The van der Waals surface area contributed by atoms with Crippen molar-refractivity contribution in [1.29, 1.82) is 0 Å². The number of nitrogens with zero attached hydrogens (tertiary/aromatic N) is 3. The van der Waals surface area contributed by atoms with Gasteiger partial charge in [0.05, 0.1) is 11.2 Å². The first-order chi connectivity index (χ1) is 12.6. The molecule has 130 valence electrons. The summed E-state index contributed by atoms with van der Waals surface area (Å²) in [7, 11) is 0. The molecule has 2 aromatic heterocycles. The van der Waals surface area contributed by atoms with Crippen LogP contribution in [-0.2, 0) is 6.54 Å². The van der Waals surface area contributed by atoms with Crippen molar-refractivity contribution < 1.29 is 4.79 Å². The number of aryl methyl sites for hydroxylation is 1. The molecular formula is C19H18N6O. The Labute approximate surface area is 149 Å². The number of urea groups is 1. The minimum Gasteiger partial charge on any atom is -0.365 e. The molecule has 0 radical (unpaired) electrons. The maximum absolute atomic E-state index is 10.9. The third-order valence-electron chi connectivity index (χ3n) is 4.11. The van der Waals surface area contributed by atoms with Crippen LogP contribution in [0, 0.1) is 6.92 Å². The highest BCUT2D eigenvalue weighted by molar-refractivity contribution is 5.91. The van der Waals surface area contributed by atoms with Gasteiger partial charge in [-0.15, -0.1) is 0 Å². The summed E-state index contributed by atoms with van der Waals surface area (Å²) in [6, 6.07) is 16.9. The monoisotopic (exact) mass is 346 g/mol. The van der Waals surface area contributed by atoms with Crippen LogP contribution in [0.1, 0.15) is 11.3 Å². The Morgan fingerprint density at radius 2 is 1.92 bits per heavy atom. The molecule has 0 bridgehead atoms. The molecule has 0 spiro atoms. The molecule has 0 aliphatic rings. The Bertz CT molecular complexity index is 1100. The lowest BCUT2D eigenvalue weighted by molar-refractivity contribution is 0.259. The van der Waals surface area contributed by atoms with E-state index in [1.165, 1.54) is 0 Å². The van der Waals surface area contributed by atoms with Gasteiger partial charge in [-0.3, -0.25) is 0 Å². The summed E-state index contributed by atoms with van der Waals surface area (Å²) in [6.45, 7) is 2.56. The molecule has 2 aromatic carbocycles. The van der Waals surface area contributed by atoms with E-state index in [1.807, 2.05) is 66.0 Å². The van der Waals surface area contributed by atoms with Gasteiger partial charge in [-0.25, -0.2) is 14.3 Å². The lowest BCUT2D eigenvalue weighted by Crippen LogP contribution is -2.19. The first-order valence-electron chi connectivity index (χ1n) is 8.24. The van der Waals surface area contributed by atoms with Gasteiger partial charge in [0.25, 0.3) is 0 Å². The van der Waals surface area contributed by atoms with Crippen molar-refractivity contribution in [2.45, 2.75) is 13.5 Å². The van der Waals surface area contributed by atoms with E-state index in [1.54, 1.807) is 0 Å². The zero-order valence-electron chi connectivity index (χ0n) is 14.2. The standard InChI is InChI=1S/C19H18N6O/c1-12-10-17-23-18(15-4-2-3-5-16(15)25(17)24-12)21-11-13-6-8-14(9-7-13)22-19(20)26/h2-10H,11H2,1H3,(H,21,23)(H3,20,22,26). The van der Waals surface area contributed by atoms with E-state index in [2.05, 4.69) is 15.7 Å². The van der Waals surface area contributed by atoms with Gasteiger partial charge in [0.2, 0.25) is 0 Å². The normalized spacial score (nSPS) is 11.0. The van der Waals surface area contributed by atoms with Gasteiger partial charge in [0.1, 0.15) is 5.82 Å². The highest BCUT2D eigenvalue weighted by Gasteiger charge is 2.09.